The quantitative estimate of drug-likeness (QED) is 0.828. The Balaban J connectivity index is 1.66. The van der Waals surface area contributed by atoms with Crippen LogP contribution in [0.4, 0.5) is 0 Å². The van der Waals surface area contributed by atoms with Gasteiger partial charge in [-0.2, -0.15) is 0 Å². The van der Waals surface area contributed by atoms with E-state index in [2.05, 4.69) is 0 Å². The third-order valence-corrected chi connectivity index (χ3v) is 6.52. The summed E-state index contributed by atoms with van der Waals surface area (Å²) in [7, 11) is -3.65. The summed E-state index contributed by atoms with van der Waals surface area (Å²) < 4.78 is 43.7. The van der Waals surface area contributed by atoms with Gasteiger partial charge >= 0.3 is 0 Å². The van der Waals surface area contributed by atoms with Gasteiger partial charge in [0, 0.05) is 5.56 Å². The second kappa shape index (κ2) is 6.96. The molecule has 0 aliphatic carbocycles. The van der Waals surface area contributed by atoms with E-state index in [9.17, 15) is 8.42 Å². The minimum Gasteiger partial charge on any atom is -0.369 e. The highest BCUT2D eigenvalue weighted by atomic mass is 32.2. The molecule has 0 bridgehead atoms. The number of sulfone groups is 1. The van der Waals surface area contributed by atoms with Crippen molar-refractivity contribution in [3.8, 4) is 0 Å². The lowest BCUT2D eigenvalue weighted by Gasteiger charge is -2.39. The van der Waals surface area contributed by atoms with Gasteiger partial charge in [0.05, 0.1) is 23.0 Å². The average Bonchev–Trinajstić information content (AvgIpc) is 2.68. The molecular weight excluding hydrogens is 352 g/mol. The molecule has 3 atom stereocenters. The number of hydrogen-bond donors (Lipinski definition) is 0. The molecular formula is C20H20O5S. The molecule has 4 rings (SSSR count). The molecule has 6 heteroatoms. The first-order valence-electron chi connectivity index (χ1n) is 8.51. The summed E-state index contributed by atoms with van der Waals surface area (Å²) in [6, 6.07) is 16.3. The van der Waals surface area contributed by atoms with Crippen molar-refractivity contribution in [3.05, 3.63) is 76.7 Å². The molecule has 26 heavy (non-hydrogen) atoms. The van der Waals surface area contributed by atoms with Gasteiger partial charge in [0.1, 0.15) is 12.2 Å². The minimum atomic E-state index is -3.65. The predicted octanol–water partition coefficient (Wildman–Crippen LogP) is 3.17. The molecule has 0 radical (unpaired) electrons. The Morgan fingerprint density at radius 1 is 0.962 bits per heavy atom. The fraction of sp³-hybridized carbons (Fsp3) is 0.300. The van der Waals surface area contributed by atoms with Crippen LogP contribution in [0.15, 0.2) is 70.5 Å². The molecule has 1 saturated heterocycles. The standard InChI is InChI=1S/C20H20O5S/c1-14-7-9-16(10-8-14)26(21,22)18-11-12-23-17-13-24-20(25-19(17)18)15-5-3-2-4-6-15/h2-11,17,19-20H,12-13H2,1H3/t17-,19-,20-/m1/s1. The van der Waals surface area contributed by atoms with Crippen LogP contribution in [-0.2, 0) is 24.0 Å². The van der Waals surface area contributed by atoms with E-state index in [0.717, 1.165) is 11.1 Å². The first-order chi connectivity index (χ1) is 12.6. The van der Waals surface area contributed by atoms with Crippen LogP contribution in [0, 0.1) is 6.92 Å². The Hall–Kier alpha value is -1.99. The highest BCUT2D eigenvalue weighted by Crippen LogP contribution is 2.36. The summed E-state index contributed by atoms with van der Waals surface area (Å²) in [5.41, 5.74) is 1.86. The zero-order chi connectivity index (χ0) is 18.1. The van der Waals surface area contributed by atoms with Gasteiger partial charge in [0.15, 0.2) is 6.29 Å². The maximum Gasteiger partial charge on any atom is 0.205 e. The van der Waals surface area contributed by atoms with Crippen molar-refractivity contribution in [2.45, 2.75) is 30.3 Å². The number of ether oxygens (including phenoxy) is 3. The lowest BCUT2D eigenvalue weighted by atomic mass is 10.1. The summed E-state index contributed by atoms with van der Waals surface area (Å²) in [6.45, 7) is 2.43. The predicted molar refractivity (Wildman–Crippen MR) is 96.2 cm³/mol. The number of aryl methyl sites for hydroxylation is 1. The molecule has 0 spiro atoms. The van der Waals surface area contributed by atoms with E-state index in [1.165, 1.54) is 0 Å². The van der Waals surface area contributed by atoms with Gasteiger partial charge in [-0.3, -0.25) is 0 Å². The highest BCUT2D eigenvalue weighted by molar-refractivity contribution is 7.95. The largest absolute Gasteiger partial charge is 0.369 e. The van der Waals surface area contributed by atoms with Crippen molar-refractivity contribution in [2.24, 2.45) is 0 Å². The molecule has 2 aromatic carbocycles. The van der Waals surface area contributed by atoms with Crippen LogP contribution in [0.2, 0.25) is 0 Å². The molecule has 5 nitrogen and oxygen atoms in total. The van der Waals surface area contributed by atoms with Crippen molar-refractivity contribution in [1.29, 1.82) is 0 Å². The molecule has 0 amide bonds. The fourth-order valence-electron chi connectivity index (χ4n) is 3.19. The zero-order valence-electron chi connectivity index (χ0n) is 14.4. The summed E-state index contributed by atoms with van der Waals surface area (Å²) in [5.74, 6) is 0. The summed E-state index contributed by atoms with van der Waals surface area (Å²) in [4.78, 5) is 0.517. The molecule has 1 fully saturated rings. The van der Waals surface area contributed by atoms with Gasteiger partial charge in [-0.1, -0.05) is 48.0 Å². The van der Waals surface area contributed by atoms with Crippen molar-refractivity contribution in [3.63, 3.8) is 0 Å². The maximum absolute atomic E-state index is 13.2. The van der Waals surface area contributed by atoms with Crippen LogP contribution in [-0.4, -0.2) is 33.8 Å². The van der Waals surface area contributed by atoms with E-state index in [1.807, 2.05) is 37.3 Å². The van der Waals surface area contributed by atoms with E-state index in [1.54, 1.807) is 30.3 Å². The SMILES string of the molecule is Cc1ccc(S(=O)(=O)C2=CCO[C@@H]3CO[C@@H](c4ccccc4)O[C@@H]23)cc1. The van der Waals surface area contributed by atoms with Crippen LogP contribution >= 0.6 is 0 Å². The Morgan fingerprint density at radius 3 is 2.42 bits per heavy atom. The average molecular weight is 372 g/mol. The van der Waals surface area contributed by atoms with Crippen molar-refractivity contribution in [2.75, 3.05) is 13.2 Å². The first-order valence-corrected chi connectivity index (χ1v) is 9.99. The van der Waals surface area contributed by atoms with Gasteiger partial charge in [-0.15, -0.1) is 0 Å². The zero-order valence-corrected chi connectivity index (χ0v) is 15.2. The number of fused-ring (bicyclic) bond motifs is 1. The molecule has 2 aliphatic rings. The van der Waals surface area contributed by atoms with Crippen LogP contribution in [0.25, 0.3) is 0 Å². The van der Waals surface area contributed by atoms with Gasteiger partial charge in [0.2, 0.25) is 9.84 Å². The molecule has 0 unspecified atom stereocenters. The molecule has 2 aromatic rings. The van der Waals surface area contributed by atoms with E-state index >= 15 is 0 Å². The fourth-order valence-corrected chi connectivity index (χ4v) is 4.75. The van der Waals surface area contributed by atoms with E-state index in [0.29, 0.717) is 0 Å². The summed E-state index contributed by atoms with van der Waals surface area (Å²) in [6.07, 6.45) is -0.135. The van der Waals surface area contributed by atoms with Crippen LogP contribution in [0.3, 0.4) is 0 Å². The Labute approximate surface area is 153 Å². The van der Waals surface area contributed by atoms with Gasteiger partial charge in [-0.05, 0) is 25.1 Å². The Bertz CT molecular complexity index is 903. The maximum atomic E-state index is 13.2. The third kappa shape index (κ3) is 3.21. The van der Waals surface area contributed by atoms with Crippen molar-refractivity contribution >= 4 is 9.84 Å². The summed E-state index contributed by atoms with van der Waals surface area (Å²) in [5, 5.41) is 0. The molecule has 0 aromatic heterocycles. The van der Waals surface area contributed by atoms with Gasteiger partial charge in [-0.25, -0.2) is 8.42 Å². The third-order valence-electron chi connectivity index (χ3n) is 4.61. The number of benzene rings is 2. The number of hydrogen-bond acceptors (Lipinski definition) is 5. The second-order valence-electron chi connectivity index (χ2n) is 6.43. The van der Waals surface area contributed by atoms with Crippen LogP contribution < -0.4 is 0 Å². The number of rotatable bonds is 3. The lowest BCUT2D eigenvalue weighted by Crippen LogP contribution is -2.47. The normalized spacial score (nSPS) is 26.0. The van der Waals surface area contributed by atoms with E-state index < -0.39 is 28.3 Å². The van der Waals surface area contributed by atoms with E-state index in [4.69, 9.17) is 14.2 Å². The molecule has 2 heterocycles. The first kappa shape index (κ1) is 17.4. The van der Waals surface area contributed by atoms with Crippen LogP contribution in [0.1, 0.15) is 17.4 Å². The van der Waals surface area contributed by atoms with Crippen molar-refractivity contribution in [1.82, 2.24) is 0 Å². The van der Waals surface area contributed by atoms with Crippen LogP contribution in [0.5, 0.6) is 0 Å². The molecule has 136 valence electrons. The lowest BCUT2D eigenvalue weighted by molar-refractivity contribution is -0.256. The Morgan fingerprint density at radius 2 is 1.69 bits per heavy atom. The summed E-state index contributed by atoms with van der Waals surface area (Å²) >= 11 is 0. The Kier molecular flexibility index (Phi) is 4.67. The smallest absolute Gasteiger partial charge is 0.205 e. The van der Waals surface area contributed by atoms with Gasteiger partial charge in [0.25, 0.3) is 0 Å². The molecule has 2 aliphatic heterocycles. The van der Waals surface area contributed by atoms with Crippen molar-refractivity contribution < 1.29 is 22.6 Å². The molecule has 0 saturated carbocycles. The highest BCUT2D eigenvalue weighted by Gasteiger charge is 2.42. The van der Waals surface area contributed by atoms with Gasteiger partial charge < -0.3 is 14.2 Å². The minimum absolute atomic E-state index is 0.227. The monoisotopic (exact) mass is 372 g/mol. The topological polar surface area (TPSA) is 61.8 Å². The second-order valence-corrected chi connectivity index (χ2v) is 8.38. The molecule has 0 N–H and O–H groups in total. The van der Waals surface area contributed by atoms with E-state index in [-0.39, 0.29) is 23.0 Å².